The lowest BCUT2D eigenvalue weighted by molar-refractivity contribution is -0.370. The van der Waals surface area contributed by atoms with Crippen molar-refractivity contribution >= 4 is 12.7 Å². The van der Waals surface area contributed by atoms with Crippen molar-refractivity contribution in [1.82, 2.24) is 15.0 Å². The Morgan fingerprint density at radius 1 is 1.46 bits per heavy atom. The zero-order valence-electron chi connectivity index (χ0n) is 13.9. The number of aryl methyl sites for hydroxylation is 1. The summed E-state index contributed by atoms with van der Waals surface area (Å²) in [5, 5.41) is 29.8. The zero-order chi connectivity index (χ0) is 18.7. The van der Waals surface area contributed by atoms with Crippen molar-refractivity contribution in [3.63, 3.8) is 0 Å². The number of amides is 1. The Kier molecular flexibility index (Phi) is 4.98. The summed E-state index contributed by atoms with van der Waals surface area (Å²) in [7, 11) is 0. The normalized spacial score (nSPS) is 15.0. The average Bonchev–Trinajstić information content (AvgIpc) is 3.06. The Balaban J connectivity index is 1.88. The van der Waals surface area contributed by atoms with Crippen molar-refractivity contribution in [1.29, 1.82) is 0 Å². The molecule has 0 unspecified atom stereocenters. The largest absolute Gasteiger partial charge is 0.669 e. The molecule has 0 fully saturated rings. The molecular weight excluding hydrogens is 345 g/mol. The van der Waals surface area contributed by atoms with E-state index in [0.29, 0.717) is 24.3 Å². The van der Waals surface area contributed by atoms with Crippen LogP contribution in [0.3, 0.4) is 0 Å². The number of rotatable bonds is 6. The van der Waals surface area contributed by atoms with E-state index in [1.54, 1.807) is 16.9 Å². The predicted molar refractivity (Wildman–Crippen MR) is 88.0 cm³/mol. The first-order chi connectivity index (χ1) is 12.4. The lowest BCUT2D eigenvalue weighted by atomic mass is 9.70. The van der Waals surface area contributed by atoms with Gasteiger partial charge < -0.3 is 25.2 Å². The van der Waals surface area contributed by atoms with Crippen LogP contribution >= 0.6 is 0 Å². The summed E-state index contributed by atoms with van der Waals surface area (Å²) < 4.78 is 12.3. The van der Waals surface area contributed by atoms with E-state index in [2.05, 4.69) is 21.2 Å². The molecule has 12 heteroatoms. The van der Waals surface area contributed by atoms with Gasteiger partial charge in [-0.1, -0.05) is 17.6 Å². The van der Waals surface area contributed by atoms with Crippen molar-refractivity contribution in [3.05, 3.63) is 40.1 Å². The number of quaternary nitrogens is 1. The Labute approximate surface area is 147 Å². The maximum atomic E-state index is 12.0. The highest BCUT2D eigenvalue weighted by atomic mass is 16.6. The Morgan fingerprint density at radius 3 is 3.00 bits per heavy atom. The maximum Gasteiger partial charge on any atom is 0.430 e. The number of ether oxygens (including phenoxy) is 1. The van der Waals surface area contributed by atoms with Crippen molar-refractivity contribution in [3.8, 4) is 11.5 Å². The van der Waals surface area contributed by atoms with E-state index in [-0.39, 0.29) is 36.4 Å². The van der Waals surface area contributed by atoms with E-state index in [4.69, 9.17) is 9.39 Å². The molecule has 0 bridgehead atoms. The molecule has 0 saturated heterocycles. The molecule has 0 saturated carbocycles. The molecule has 1 aliphatic rings. The van der Waals surface area contributed by atoms with Crippen LogP contribution in [0.5, 0.6) is 11.5 Å². The van der Waals surface area contributed by atoms with E-state index in [0.717, 1.165) is 0 Å². The minimum absolute atomic E-state index is 0.00918. The summed E-state index contributed by atoms with van der Waals surface area (Å²) in [5.41, 5.74) is 4.56. The second-order valence-corrected chi connectivity index (χ2v) is 5.95. The van der Waals surface area contributed by atoms with E-state index in [9.17, 15) is 19.7 Å². The second kappa shape index (κ2) is 7.19. The number of fused-ring (bicyclic) bond motifs is 1. The molecule has 0 atom stereocenters. The molecule has 0 aliphatic carbocycles. The Morgan fingerprint density at radius 2 is 2.27 bits per heavy atom. The molecule has 26 heavy (non-hydrogen) atoms. The average molecular weight is 363 g/mol. The van der Waals surface area contributed by atoms with Crippen LogP contribution in [0.15, 0.2) is 23.5 Å². The number of nitroso groups, excluding NO2 is 1. The van der Waals surface area contributed by atoms with Crippen LogP contribution in [0.2, 0.25) is 6.32 Å². The number of aromatic nitrogens is 3. The molecule has 1 amide bonds. The highest BCUT2D eigenvalue weighted by Crippen LogP contribution is 2.38. The minimum atomic E-state index is -3.11. The van der Waals surface area contributed by atoms with Crippen LogP contribution in [0.1, 0.15) is 21.6 Å². The third kappa shape index (κ3) is 3.71. The zero-order valence-corrected chi connectivity index (χ0v) is 13.9. The highest BCUT2D eigenvalue weighted by Gasteiger charge is 2.33. The second-order valence-electron chi connectivity index (χ2n) is 5.95. The van der Waals surface area contributed by atoms with Crippen LogP contribution in [0.25, 0.3) is 0 Å². The van der Waals surface area contributed by atoms with Gasteiger partial charge in [-0.2, -0.15) is 0 Å². The number of nitrogens with zero attached hydrogens (tertiary/aromatic N) is 4. The van der Waals surface area contributed by atoms with Crippen LogP contribution in [0.4, 0.5) is 0 Å². The fourth-order valence-electron chi connectivity index (χ4n) is 2.73. The quantitative estimate of drug-likeness (QED) is 0.428. The summed E-state index contributed by atoms with van der Waals surface area (Å²) >= 11 is 0. The molecule has 1 aromatic heterocycles. The van der Waals surface area contributed by atoms with Crippen molar-refractivity contribution in [2.24, 2.45) is 5.18 Å². The molecule has 2 heterocycles. The predicted octanol–water partition coefficient (Wildman–Crippen LogP) is -1.14. The lowest BCUT2D eigenvalue weighted by Gasteiger charge is -2.37. The highest BCUT2D eigenvalue weighted by molar-refractivity contribution is 6.59. The molecule has 5 N–H and O–H groups in total. The SMILES string of the molecule is [NH3+]CCn1cc(COc2ccc3c(c2C(=O)N=O)O[B-](O)(O)CC3)nn1. The summed E-state index contributed by atoms with van der Waals surface area (Å²) in [6.07, 6.45) is 1.95. The maximum absolute atomic E-state index is 12.0. The molecule has 1 aliphatic heterocycles. The van der Waals surface area contributed by atoms with E-state index in [1.165, 1.54) is 6.07 Å². The minimum Gasteiger partial charge on any atom is -0.669 e. The van der Waals surface area contributed by atoms with Crippen molar-refractivity contribution < 1.29 is 30.0 Å². The first kappa shape index (κ1) is 18.0. The fraction of sp³-hybridized carbons (Fsp3) is 0.357. The van der Waals surface area contributed by atoms with E-state index < -0.39 is 12.7 Å². The third-order valence-corrected chi connectivity index (χ3v) is 3.94. The van der Waals surface area contributed by atoms with Gasteiger partial charge in [-0.15, -0.1) is 10.0 Å². The van der Waals surface area contributed by atoms with Gasteiger partial charge in [0.15, 0.2) is 0 Å². The van der Waals surface area contributed by atoms with Gasteiger partial charge in [-0.05, 0) is 18.1 Å². The Bertz CT molecular complexity index is 839. The number of carbonyl (C=O) groups is 1. The summed E-state index contributed by atoms with van der Waals surface area (Å²) in [6, 6.07) is 3.15. The van der Waals surface area contributed by atoms with Gasteiger partial charge in [0, 0.05) is 5.18 Å². The smallest absolute Gasteiger partial charge is 0.430 e. The Hall–Kier alpha value is -2.83. The van der Waals surface area contributed by atoms with Gasteiger partial charge in [-0.25, -0.2) is 4.68 Å². The van der Waals surface area contributed by atoms with Gasteiger partial charge in [0.2, 0.25) is 0 Å². The number of benzene rings is 1. The van der Waals surface area contributed by atoms with Crippen LogP contribution in [-0.4, -0.2) is 44.2 Å². The van der Waals surface area contributed by atoms with Crippen LogP contribution < -0.4 is 15.1 Å². The van der Waals surface area contributed by atoms with Gasteiger partial charge in [-0.3, -0.25) is 4.79 Å². The third-order valence-electron chi connectivity index (χ3n) is 3.94. The van der Waals surface area contributed by atoms with Gasteiger partial charge in [0.1, 0.15) is 23.6 Å². The summed E-state index contributed by atoms with van der Waals surface area (Å²) in [4.78, 5) is 22.8. The van der Waals surface area contributed by atoms with Crippen LogP contribution in [0, 0.1) is 4.91 Å². The standard InChI is InChI=1S/C14H17BN5O6/c16-5-6-20-7-10(17-19-20)8-25-11-2-1-9-3-4-15(22,23)26-13(9)12(11)14(21)18-24/h1-2,7,22-23H,3-6,8,16H2/q-1/p+1. The first-order valence-electron chi connectivity index (χ1n) is 8.07. The molecule has 138 valence electrons. The molecule has 1 aromatic carbocycles. The fourth-order valence-corrected chi connectivity index (χ4v) is 2.73. The first-order valence-corrected chi connectivity index (χ1v) is 8.07. The van der Waals surface area contributed by atoms with E-state index in [1.807, 2.05) is 0 Å². The van der Waals surface area contributed by atoms with Gasteiger partial charge >= 0.3 is 12.7 Å². The number of carbonyl (C=O) groups excluding carboxylic acids is 1. The lowest BCUT2D eigenvalue weighted by Crippen LogP contribution is -2.52. The summed E-state index contributed by atoms with van der Waals surface area (Å²) in [6.45, 7) is -1.85. The molecule has 3 rings (SSSR count). The topological polar surface area (TPSA) is 164 Å². The monoisotopic (exact) mass is 363 g/mol. The molecule has 2 aromatic rings. The van der Waals surface area contributed by atoms with Gasteiger partial charge in [0.25, 0.3) is 0 Å². The number of hydrogen-bond donors (Lipinski definition) is 3. The summed E-state index contributed by atoms with van der Waals surface area (Å²) in [5.74, 6) is -1.18. The molecule has 0 radical (unpaired) electrons. The van der Waals surface area contributed by atoms with Gasteiger partial charge in [0.05, 0.1) is 25.0 Å². The molecule has 11 nitrogen and oxygen atoms in total. The molecule has 0 spiro atoms. The van der Waals surface area contributed by atoms with Crippen LogP contribution in [-0.2, 0) is 19.6 Å². The molecular formula is C14H18BN5O6. The van der Waals surface area contributed by atoms with Crippen molar-refractivity contribution in [2.45, 2.75) is 25.9 Å². The number of hydrogen-bond acceptors (Lipinski definition) is 8. The van der Waals surface area contributed by atoms with E-state index >= 15 is 0 Å². The van der Waals surface area contributed by atoms with Crippen molar-refractivity contribution in [2.75, 3.05) is 6.54 Å².